The molecule has 0 saturated carbocycles. The van der Waals surface area contributed by atoms with Gasteiger partial charge in [0.2, 0.25) is 5.95 Å². The van der Waals surface area contributed by atoms with Crippen LogP contribution in [0.5, 0.6) is 0 Å². The second-order valence-corrected chi connectivity index (χ2v) is 4.08. The lowest BCUT2D eigenvalue weighted by Crippen LogP contribution is -2.18. The molecule has 1 aromatic carbocycles. The minimum absolute atomic E-state index is 0.166. The Hall–Kier alpha value is -2.71. The van der Waals surface area contributed by atoms with Gasteiger partial charge in [-0.05, 0) is 18.2 Å². The molecule has 5 nitrogen and oxygen atoms in total. The van der Waals surface area contributed by atoms with Crippen molar-refractivity contribution in [1.82, 2.24) is 9.97 Å². The number of esters is 1. The summed E-state index contributed by atoms with van der Waals surface area (Å²) in [4.78, 5) is 18.2. The number of nitrogens with one attached hydrogen (secondary N) is 1. The minimum atomic E-state index is -4.87. The SMILES string of the molecule is COC(=O)c1cnc(Nc2cccc(F)c2)nc1C(F)(F)F. The summed E-state index contributed by atoms with van der Waals surface area (Å²) in [6.45, 7) is 0. The van der Waals surface area contributed by atoms with Crippen LogP contribution in [-0.4, -0.2) is 23.0 Å². The summed E-state index contributed by atoms with van der Waals surface area (Å²) in [5.74, 6) is -2.21. The van der Waals surface area contributed by atoms with Gasteiger partial charge >= 0.3 is 12.1 Å². The van der Waals surface area contributed by atoms with Crippen molar-refractivity contribution in [2.45, 2.75) is 6.18 Å². The van der Waals surface area contributed by atoms with Crippen molar-refractivity contribution in [3.8, 4) is 0 Å². The maximum absolute atomic E-state index is 13.0. The van der Waals surface area contributed by atoms with Gasteiger partial charge in [-0.15, -0.1) is 0 Å². The van der Waals surface area contributed by atoms with Crippen LogP contribution in [0.3, 0.4) is 0 Å². The van der Waals surface area contributed by atoms with Gasteiger partial charge in [0.15, 0.2) is 5.69 Å². The van der Waals surface area contributed by atoms with Gasteiger partial charge in [0.05, 0.1) is 7.11 Å². The Kier molecular flexibility index (Phi) is 4.25. The molecular weight excluding hydrogens is 306 g/mol. The molecule has 0 aliphatic heterocycles. The number of carbonyl (C=O) groups excluding carboxylic acids is 1. The van der Waals surface area contributed by atoms with E-state index in [1.807, 2.05) is 0 Å². The molecule has 0 aliphatic rings. The fourth-order valence-corrected chi connectivity index (χ4v) is 1.61. The van der Waals surface area contributed by atoms with Gasteiger partial charge in [-0.25, -0.2) is 19.2 Å². The van der Waals surface area contributed by atoms with Crippen LogP contribution in [-0.2, 0) is 10.9 Å². The molecule has 0 spiro atoms. The quantitative estimate of drug-likeness (QED) is 0.696. The first-order valence-corrected chi connectivity index (χ1v) is 5.86. The van der Waals surface area contributed by atoms with Crippen LogP contribution in [0.1, 0.15) is 16.1 Å². The number of rotatable bonds is 3. The lowest BCUT2D eigenvalue weighted by atomic mass is 10.2. The van der Waals surface area contributed by atoms with Crippen LogP contribution in [0.2, 0.25) is 0 Å². The highest BCUT2D eigenvalue weighted by Crippen LogP contribution is 2.31. The van der Waals surface area contributed by atoms with E-state index < -0.39 is 35.2 Å². The van der Waals surface area contributed by atoms with Crippen molar-refractivity contribution in [1.29, 1.82) is 0 Å². The largest absolute Gasteiger partial charge is 0.465 e. The number of anilines is 2. The number of hydrogen-bond donors (Lipinski definition) is 1. The molecule has 1 heterocycles. The number of aromatic nitrogens is 2. The molecule has 1 N–H and O–H groups in total. The number of alkyl halides is 3. The number of nitrogens with zero attached hydrogens (tertiary/aromatic N) is 2. The Labute approximate surface area is 122 Å². The molecule has 0 amide bonds. The van der Waals surface area contributed by atoms with Crippen LogP contribution in [0.4, 0.5) is 29.2 Å². The number of benzene rings is 1. The number of hydrogen-bond acceptors (Lipinski definition) is 5. The fraction of sp³-hybridized carbons (Fsp3) is 0.154. The van der Waals surface area contributed by atoms with E-state index in [1.165, 1.54) is 18.2 Å². The fourth-order valence-electron chi connectivity index (χ4n) is 1.61. The van der Waals surface area contributed by atoms with E-state index in [2.05, 4.69) is 20.0 Å². The molecule has 0 radical (unpaired) electrons. The summed E-state index contributed by atoms with van der Waals surface area (Å²) in [6, 6.07) is 5.03. The first-order valence-electron chi connectivity index (χ1n) is 5.86. The predicted molar refractivity (Wildman–Crippen MR) is 68.1 cm³/mol. The van der Waals surface area contributed by atoms with Gasteiger partial charge in [-0.3, -0.25) is 0 Å². The maximum Gasteiger partial charge on any atom is 0.434 e. The predicted octanol–water partition coefficient (Wildman–Crippen LogP) is 3.16. The first-order chi connectivity index (χ1) is 10.3. The zero-order valence-corrected chi connectivity index (χ0v) is 11.1. The van der Waals surface area contributed by atoms with Crippen molar-refractivity contribution < 1.29 is 27.1 Å². The molecule has 0 fully saturated rings. The summed E-state index contributed by atoms with van der Waals surface area (Å²) < 4.78 is 56.1. The Balaban J connectivity index is 2.41. The van der Waals surface area contributed by atoms with Crippen LogP contribution in [0.15, 0.2) is 30.5 Å². The van der Waals surface area contributed by atoms with Crippen molar-refractivity contribution in [2.75, 3.05) is 12.4 Å². The number of ether oxygens (including phenoxy) is 1. The van der Waals surface area contributed by atoms with E-state index in [0.717, 1.165) is 13.2 Å². The van der Waals surface area contributed by atoms with Crippen molar-refractivity contribution in [3.05, 3.63) is 47.5 Å². The minimum Gasteiger partial charge on any atom is -0.465 e. The van der Waals surface area contributed by atoms with E-state index in [-0.39, 0.29) is 5.69 Å². The zero-order chi connectivity index (χ0) is 16.3. The first kappa shape index (κ1) is 15.7. The molecule has 22 heavy (non-hydrogen) atoms. The van der Waals surface area contributed by atoms with Crippen LogP contribution in [0.25, 0.3) is 0 Å². The molecule has 0 saturated heterocycles. The molecule has 9 heteroatoms. The van der Waals surface area contributed by atoms with Gasteiger partial charge in [0, 0.05) is 11.9 Å². The summed E-state index contributed by atoms with van der Waals surface area (Å²) in [7, 11) is 0.946. The van der Waals surface area contributed by atoms with Gasteiger partial charge in [0.1, 0.15) is 11.4 Å². The second-order valence-electron chi connectivity index (χ2n) is 4.08. The molecular formula is C13H9F4N3O2. The average molecular weight is 315 g/mol. The molecule has 0 aliphatic carbocycles. The molecule has 1 aromatic heterocycles. The van der Waals surface area contributed by atoms with Gasteiger partial charge in [-0.2, -0.15) is 13.2 Å². The highest BCUT2D eigenvalue weighted by Gasteiger charge is 2.38. The van der Waals surface area contributed by atoms with Crippen molar-refractivity contribution in [2.24, 2.45) is 0 Å². The van der Waals surface area contributed by atoms with Gasteiger partial charge in [-0.1, -0.05) is 6.07 Å². The Morgan fingerprint density at radius 1 is 1.32 bits per heavy atom. The monoisotopic (exact) mass is 315 g/mol. The van der Waals surface area contributed by atoms with Gasteiger partial charge < -0.3 is 10.1 Å². The third kappa shape index (κ3) is 3.48. The molecule has 2 rings (SSSR count). The lowest BCUT2D eigenvalue weighted by Gasteiger charge is -2.12. The third-order valence-electron chi connectivity index (χ3n) is 2.54. The van der Waals surface area contributed by atoms with E-state index in [0.29, 0.717) is 6.20 Å². The number of methoxy groups -OCH3 is 1. The van der Waals surface area contributed by atoms with E-state index in [1.54, 1.807) is 0 Å². The second kappa shape index (κ2) is 5.96. The van der Waals surface area contributed by atoms with Gasteiger partial charge in [0.25, 0.3) is 0 Å². The smallest absolute Gasteiger partial charge is 0.434 e. The van der Waals surface area contributed by atoms with E-state index in [4.69, 9.17) is 0 Å². The lowest BCUT2D eigenvalue weighted by molar-refractivity contribution is -0.141. The van der Waals surface area contributed by atoms with E-state index >= 15 is 0 Å². The highest BCUT2D eigenvalue weighted by molar-refractivity contribution is 5.90. The molecule has 0 unspecified atom stereocenters. The third-order valence-corrected chi connectivity index (χ3v) is 2.54. The Morgan fingerprint density at radius 3 is 2.64 bits per heavy atom. The Morgan fingerprint density at radius 2 is 2.05 bits per heavy atom. The topological polar surface area (TPSA) is 64.1 Å². The Bertz CT molecular complexity index is 704. The number of halogens is 4. The molecule has 116 valence electrons. The van der Waals surface area contributed by atoms with Crippen LogP contribution in [0, 0.1) is 5.82 Å². The summed E-state index contributed by atoms with van der Waals surface area (Å²) >= 11 is 0. The summed E-state index contributed by atoms with van der Waals surface area (Å²) in [6.07, 6.45) is -4.17. The standard InChI is InChI=1S/C13H9F4N3O2/c1-22-11(21)9-6-18-12(20-10(9)13(15,16)17)19-8-4-2-3-7(14)5-8/h2-6H,1H3,(H,18,19,20). The van der Waals surface area contributed by atoms with Crippen LogP contribution >= 0.6 is 0 Å². The highest BCUT2D eigenvalue weighted by atomic mass is 19.4. The average Bonchev–Trinajstić information content (AvgIpc) is 2.45. The molecule has 2 aromatic rings. The van der Waals surface area contributed by atoms with Crippen molar-refractivity contribution >= 4 is 17.6 Å². The zero-order valence-electron chi connectivity index (χ0n) is 11.1. The summed E-state index contributed by atoms with van der Waals surface area (Å²) in [5.41, 5.74) is -2.08. The normalized spacial score (nSPS) is 11.1. The van der Waals surface area contributed by atoms with Crippen molar-refractivity contribution in [3.63, 3.8) is 0 Å². The van der Waals surface area contributed by atoms with Crippen LogP contribution < -0.4 is 5.32 Å². The van der Waals surface area contributed by atoms with E-state index in [9.17, 15) is 22.4 Å². The maximum atomic E-state index is 13.0. The summed E-state index contributed by atoms with van der Waals surface area (Å²) in [5, 5.41) is 2.43. The number of carbonyl (C=O) groups is 1. The molecule has 0 atom stereocenters. The molecule has 0 bridgehead atoms.